The molecule has 0 atom stereocenters. The van der Waals surface area contributed by atoms with Gasteiger partial charge in [-0.1, -0.05) is 23.9 Å². The summed E-state index contributed by atoms with van der Waals surface area (Å²) < 4.78 is 7.67. The van der Waals surface area contributed by atoms with Gasteiger partial charge in [-0.3, -0.25) is 0 Å². The quantitative estimate of drug-likeness (QED) is 0.283. The highest BCUT2D eigenvalue weighted by atomic mass is 32.2. The van der Waals surface area contributed by atoms with Crippen LogP contribution in [0.5, 0.6) is 5.75 Å². The van der Waals surface area contributed by atoms with E-state index in [1.807, 2.05) is 48.5 Å². The number of aliphatic hydroxyl groups excluding tert-OH is 1. The van der Waals surface area contributed by atoms with Crippen LogP contribution in [0, 0.1) is 11.3 Å². The molecule has 8 nitrogen and oxygen atoms in total. The molecule has 0 spiro atoms. The summed E-state index contributed by atoms with van der Waals surface area (Å²) in [5, 5.41) is 32.8. The molecule has 0 unspecified atom stereocenters. The van der Waals surface area contributed by atoms with E-state index >= 15 is 0 Å². The first-order valence-corrected chi connectivity index (χ1v) is 10.2. The van der Waals surface area contributed by atoms with Gasteiger partial charge < -0.3 is 9.84 Å². The van der Waals surface area contributed by atoms with Crippen molar-refractivity contribution in [1.82, 2.24) is 25.2 Å². The SMILES string of the molecule is COc1ccc(-n2nnnc2SC/C(O)=C(\C#N)c2nc3ccccc3s2)cc1. The van der Waals surface area contributed by atoms with Gasteiger partial charge >= 0.3 is 0 Å². The van der Waals surface area contributed by atoms with Gasteiger partial charge in [0.1, 0.15) is 28.2 Å². The number of benzene rings is 2. The lowest BCUT2D eigenvalue weighted by Gasteiger charge is -2.06. The van der Waals surface area contributed by atoms with E-state index in [1.165, 1.54) is 23.1 Å². The lowest BCUT2D eigenvalue weighted by atomic mass is 10.2. The number of methoxy groups -OCH3 is 1. The average Bonchev–Trinajstić information content (AvgIpc) is 3.39. The van der Waals surface area contributed by atoms with E-state index in [0.29, 0.717) is 10.2 Å². The largest absolute Gasteiger partial charge is 0.510 e. The third-order valence-corrected chi connectivity index (χ3v) is 5.99. The Morgan fingerprint density at radius 2 is 2.03 bits per heavy atom. The molecule has 0 saturated carbocycles. The first kappa shape index (κ1) is 18.9. The van der Waals surface area contributed by atoms with Crippen LogP contribution < -0.4 is 4.74 Å². The van der Waals surface area contributed by atoms with Crippen LogP contribution in [-0.2, 0) is 0 Å². The van der Waals surface area contributed by atoms with Gasteiger partial charge in [-0.25, -0.2) is 4.98 Å². The average molecular weight is 422 g/mol. The molecule has 2 aromatic carbocycles. The Labute approximate surface area is 174 Å². The fourth-order valence-corrected chi connectivity index (χ4v) is 4.33. The number of allylic oxidation sites excluding steroid dienone is 1. The molecular formula is C19H14N6O2S2. The Hall–Kier alpha value is -3.42. The molecule has 144 valence electrons. The van der Waals surface area contributed by atoms with Gasteiger partial charge in [-0.15, -0.1) is 16.4 Å². The number of fused-ring (bicyclic) bond motifs is 1. The fourth-order valence-electron chi connectivity index (χ4n) is 2.57. The van der Waals surface area contributed by atoms with Gasteiger partial charge in [0.15, 0.2) is 0 Å². The molecule has 4 aromatic rings. The maximum Gasteiger partial charge on any atom is 0.214 e. The molecule has 0 amide bonds. The van der Waals surface area contributed by atoms with Crippen molar-refractivity contribution in [3.8, 4) is 17.5 Å². The number of para-hydroxylation sites is 1. The van der Waals surface area contributed by atoms with Crippen molar-refractivity contribution < 1.29 is 9.84 Å². The summed E-state index contributed by atoms with van der Waals surface area (Å²) in [5.41, 5.74) is 1.71. The highest BCUT2D eigenvalue weighted by molar-refractivity contribution is 7.99. The Bertz CT molecular complexity index is 1190. The minimum Gasteiger partial charge on any atom is -0.510 e. The monoisotopic (exact) mass is 422 g/mol. The predicted molar refractivity (Wildman–Crippen MR) is 111 cm³/mol. The molecule has 0 saturated heterocycles. The standard InChI is InChI=1S/C19H14N6O2S2/c1-27-13-8-6-12(7-9-13)25-19(22-23-24-25)28-11-16(26)14(10-20)18-21-15-4-2-3-5-17(15)29-18/h2-9,26H,11H2,1H3/b16-14-. The lowest BCUT2D eigenvalue weighted by Crippen LogP contribution is -2.00. The number of aliphatic hydroxyl groups is 1. The van der Waals surface area contributed by atoms with Gasteiger partial charge in [0.2, 0.25) is 5.16 Å². The van der Waals surface area contributed by atoms with Crippen molar-refractivity contribution in [1.29, 1.82) is 5.26 Å². The molecule has 0 aliphatic rings. The van der Waals surface area contributed by atoms with E-state index < -0.39 is 0 Å². The molecule has 1 N–H and O–H groups in total. The second-order valence-electron chi connectivity index (χ2n) is 5.78. The first-order valence-electron chi connectivity index (χ1n) is 8.43. The number of aromatic nitrogens is 5. The molecule has 2 heterocycles. The van der Waals surface area contributed by atoms with Gasteiger partial charge in [0.05, 0.1) is 28.8 Å². The molecule has 0 fully saturated rings. The number of hydrogen-bond donors (Lipinski definition) is 1. The zero-order valence-electron chi connectivity index (χ0n) is 15.2. The lowest BCUT2D eigenvalue weighted by molar-refractivity contribution is 0.414. The van der Waals surface area contributed by atoms with E-state index in [1.54, 1.807) is 11.8 Å². The Balaban J connectivity index is 1.56. The minimum atomic E-state index is -0.0687. The van der Waals surface area contributed by atoms with Crippen molar-refractivity contribution >= 4 is 38.9 Å². The summed E-state index contributed by atoms with van der Waals surface area (Å²) in [7, 11) is 1.60. The predicted octanol–water partition coefficient (Wildman–Crippen LogP) is 3.87. The highest BCUT2D eigenvalue weighted by Gasteiger charge is 2.16. The number of thiazole rings is 1. The summed E-state index contributed by atoms with van der Waals surface area (Å²) in [4.78, 5) is 4.44. The molecule has 0 radical (unpaired) electrons. The number of hydrogen-bond acceptors (Lipinski definition) is 9. The first-order chi connectivity index (χ1) is 14.2. The van der Waals surface area contributed by atoms with E-state index in [0.717, 1.165) is 21.7 Å². The molecule has 4 rings (SSSR count). The van der Waals surface area contributed by atoms with E-state index in [9.17, 15) is 10.4 Å². The summed E-state index contributed by atoms with van der Waals surface area (Å²) in [5.74, 6) is 0.793. The molecule has 2 aromatic heterocycles. The van der Waals surface area contributed by atoms with Crippen LogP contribution in [0.3, 0.4) is 0 Å². The third kappa shape index (κ3) is 3.91. The van der Waals surface area contributed by atoms with Gasteiger partial charge in [-0.2, -0.15) is 9.94 Å². The highest BCUT2D eigenvalue weighted by Crippen LogP contribution is 2.30. The van der Waals surface area contributed by atoms with Crippen LogP contribution in [0.15, 0.2) is 59.4 Å². The van der Waals surface area contributed by atoms with Crippen molar-refractivity contribution in [2.45, 2.75) is 5.16 Å². The Kier molecular flexibility index (Phi) is 5.41. The number of ether oxygens (including phenoxy) is 1. The van der Waals surface area contributed by atoms with Gasteiger partial charge in [0.25, 0.3) is 0 Å². The van der Waals surface area contributed by atoms with Crippen LogP contribution in [0.1, 0.15) is 5.01 Å². The van der Waals surface area contributed by atoms with Crippen molar-refractivity contribution in [3.05, 3.63) is 59.3 Å². The van der Waals surface area contributed by atoms with Crippen LogP contribution >= 0.6 is 23.1 Å². The third-order valence-electron chi connectivity index (χ3n) is 4.00. The minimum absolute atomic E-state index is 0.0687. The number of nitrogens with zero attached hydrogens (tertiary/aromatic N) is 6. The smallest absolute Gasteiger partial charge is 0.214 e. The van der Waals surface area contributed by atoms with E-state index in [2.05, 4.69) is 26.6 Å². The van der Waals surface area contributed by atoms with Gasteiger partial charge in [0, 0.05) is 0 Å². The summed E-state index contributed by atoms with van der Waals surface area (Å²) >= 11 is 2.59. The number of tetrazole rings is 1. The van der Waals surface area contributed by atoms with E-state index in [-0.39, 0.29) is 17.1 Å². The van der Waals surface area contributed by atoms with Crippen LogP contribution in [-0.4, -0.2) is 43.2 Å². The molecule has 29 heavy (non-hydrogen) atoms. The molecule has 0 aliphatic heterocycles. The molecule has 0 bridgehead atoms. The number of rotatable bonds is 6. The normalized spacial score (nSPS) is 11.9. The van der Waals surface area contributed by atoms with Crippen LogP contribution in [0.4, 0.5) is 0 Å². The van der Waals surface area contributed by atoms with E-state index in [4.69, 9.17) is 4.74 Å². The second kappa shape index (κ2) is 8.30. The summed E-state index contributed by atoms with van der Waals surface area (Å²) in [6.45, 7) is 0. The molecule has 0 aliphatic carbocycles. The zero-order valence-corrected chi connectivity index (χ0v) is 16.8. The Morgan fingerprint density at radius 1 is 1.24 bits per heavy atom. The summed E-state index contributed by atoms with van der Waals surface area (Å²) in [6, 6.07) is 16.9. The molecular weight excluding hydrogens is 408 g/mol. The molecule has 10 heteroatoms. The fraction of sp³-hybridized carbons (Fsp3) is 0.105. The summed E-state index contributed by atoms with van der Waals surface area (Å²) in [6.07, 6.45) is 0. The maximum absolute atomic E-state index is 10.5. The van der Waals surface area contributed by atoms with Crippen LogP contribution in [0.2, 0.25) is 0 Å². The van der Waals surface area contributed by atoms with Crippen molar-refractivity contribution in [2.24, 2.45) is 0 Å². The van der Waals surface area contributed by atoms with Crippen molar-refractivity contribution in [2.75, 3.05) is 12.9 Å². The van der Waals surface area contributed by atoms with Crippen molar-refractivity contribution in [3.63, 3.8) is 0 Å². The maximum atomic E-state index is 10.5. The second-order valence-corrected chi connectivity index (χ2v) is 7.75. The number of thioether (sulfide) groups is 1. The number of nitriles is 1. The Morgan fingerprint density at radius 3 is 2.76 bits per heavy atom. The van der Waals surface area contributed by atoms with Gasteiger partial charge in [-0.05, 0) is 46.8 Å². The zero-order chi connectivity index (χ0) is 20.2. The topological polar surface area (TPSA) is 110 Å². The van der Waals surface area contributed by atoms with Crippen LogP contribution in [0.25, 0.3) is 21.5 Å².